The van der Waals surface area contributed by atoms with Crippen molar-refractivity contribution in [3.63, 3.8) is 0 Å². The highest BCUT2D eigenvalue weighted by Crippen LogP contribution is 2.23. The minimum Gasteiger partial charge on any atom is -0.478 e. The highest BCUT2D eigenvalue weighted by molar-refractivity contribution is 6.33. The molecule has 0 fully saturated rings. The summed E-state index contributed by atoms with van der Waals surface area (Å²) < 4.78 is 1.78. The molecule has 0 amide bonds. The lowest BCUT2D eigenvalue weighted by molar-refractivity contribution is 0.0697. The van der Waals surface area contributed by atoms with Crippen molar-refractivity contribution in [2.75, 3.05) is 5.32 Å². The first-order valence-electron chi connectivity index (χ1n) is 5.17. The summed E-state index contributed by atoms with van der Waals surface area (Å²) in [5, 5.41) is 19.9. The molecule has 0 aliphatic rings. The first-order chi connectivity index (χ1) is 8.58. The Kier molecular flexibility index (Phi) is 3.47. The minimum absolute atomic E-state index is 0.157. The molecule has 1 aromatic carbocycles. The van der Waals surface area contributed by atoms with E-state index < -0.39 is 5.97 Å². The van der Waals surface area contributed by atoms with Gasteiger partial charge in [-0.3, -0.25) is 0 Å². The fourth-order valence-corrected chi connectivity index (χ4v) is 1.68. The van der Waals surface area contributed by atoms with Crippen molar-refractivity contribution in [1.82, 2.24) is 14.8 Å². The monoisotopic (exact) mass is 266 g/mol. The molecule has 0 unspecified atom stereocenters. The van der Waals surface area contributed by atoms with E-state index in [9.17, 15) is 4.79 Å². The van der Waals surface area contributed by atoms with Gasteiger partial charge < -0.3 is 15.0 Å². The van der Waals surface area contributed by atoms with E-state index in [4.69, 9.17) is 16.7 Å². The molecule has 1 heterocycles. The van der Waals surface area contributed by atoms with Crippen molar-refractivity contribution in [1.29, 1.82) is 0 Å². The molecule has 0 aliphatic heterocycles. The number of hydrogen-bond donors (Lipinski definition) is 2. The van der Waals surface area contributed by atoms with E-state index in [0.717, 1.165) is 5.82 Å². The average molecular weight is 267 g/mol. The van der Waals surface area contributed by atoms with Gasteiger partial charge in [-0.2, -0.15) is 0 Å². The Morgan fingerprint density at radius 2 is 2.33 bits per heavy atom. The van der Waals surface area contributed by atoms with E-state index in [1.54, 1.807) is 17.0 Å². The largest absolute Gasteiger partial charge is 0.478 e. The number of hydrogen-bond acceptors (Lipinski definition) is 4. The number of rotatable bonds is 4. The summed E-state index contributed by atoms with van der Waals surface area (Å²) in [5.74, 6) is -0.245. The van der Waals surface area contributed by atoms with Crippen molar-refractivity contribution in [3.05, 3.63) is 40.9 Å². The second kappa shape index (κ2) is 5.05. The van der Waals surface area contributed by atoms with Crippen molar-refractivity contribution in [3.8, 4) is 0 Å². The maximum Gasteiger partial charge on any atom is 0.335 e. The Labute approximate surface area is 108 Å². The van der Waals surface area contributed by atoms with Crippen LogP contribution in [0.5, 0.6) is 0 Å². The second-order valence-electron chi connectivity index (χ2n) is 3.71. The van der Waals surface area contributed by atoms with Gasteiger partial charge in [0, 0.05) is 7.05 Å². The fraction of sp³-hybridized carbons (Fsp3) is 0.182. The number of carboxylic acids is 1. The van der Waals surface area contributed by atoms with Crippen LogP contribution < -0.4 is 5.32 Å². The molecular formula is C11H11ClN4O2. The fourth-order valence-electron chi connectivity index (χ4n) is 1.43. The molecule has 0 spiro atoms. The highest BCUT2D eigenvalue weighted by atomic mass is 35.5. The maximum atomic E-state index is 10.8. The predicted molar refractivity (Wildman–Crippen MR) is 66.7 cm³/mol. The molecular weight excluding hydrogens is 256 g/mol. The van der Waals surface area contributed by atoms with Gasteiger partial charge in [0.2, 0.25) is 0 Å². The minimum atomic E-state index is -1.00. The van der Waals surface area contributed by atoms with Gasteiger partial charge in [-0.25, -0.2) is 4.79 Å². The van der Waals surface area contributed by atoms with Crippen LogP contribution in [0.4, 0.5) is 5.69 Å². The number of aromatic carboxylic acids is 1. The van der Waals surface area contributed by atoms with Crippen LogP contribution in [0.15, 0.2) is 24.5 Å². The predicted octanol–water partition coefficient (Wildman–Crippen LogP) is 1.78. The van der Waals surface area contributed by atoms with Crippen LogP contribution in [-0.2, 0) is 13.6 Å². The van der Waals surface area contributed by atoms with E-state index in [2.05, 4.69) is 15.5 Å². The molecule has 2 rings (SSSR count). The highest BCUT2D eigenvalue weighted by Gasteiger charge is 2.07. The van der Waals surface area contributed by atoms with E-state index >= 15 is 0 Å². The Morgan fingerprint density at radius 1 is 1.56 bits per heavy atom. The summed E-state index contributed by atoms with van der Waals surface area (Å²) in [6, 6.07) is 4.53. The first-order valence-corrected chi connectivity index (χ1v) is 5.55. The van der Waals surface area contributed by atoms with Crippen molar-refractivity contribution >= 4 is 23.3 Å². The van der Waals surface area contributed by atoms with E-state index in [1.165, 1.54) is 12.1 Å². The lowest BCUT2D eigenvalue weighted by atomic mass is 10.2. The smallest absolute Gasteiger partial charge is 0.335 e. The number of aromatic nitrogens is 3. The molecule has 0 atom stereocenters. The summed E-state index contributed by atoms with van der Waals surface area (Å²) in [4.78, 5) is 10.8. The molecule has 0 saturated heterocycles. The molecule has 1 aromatic heterocycles. The second-order valence-corrected chi connectivity index (χ2v) is 4.12. The standard InChI is InChI=1S/C11H11ClN4O2/c1-16-6-14-15-10(16)5-13-9-3-2-7(11(17)18)4-8(9)12/h2-4,6,13H,5H2,1H3,(H,17,18). The lowest BCUT2D eigenvalue weighted by Crippen LogP contribution is -2.06. The zero-order valence-corrected chi connectivity index (χ0v) is 10.3. The Balaban J connectivity index is 2.11. The van der Waals surface area contributed by atoms with Gasteiger partial charge >= 0.3 is 5.97 Å². The molecule has 7 heteroatoms. The van der Waals surface area contributed by atoms with E-state index in [0.29, 0.717) is 17.3 Å². The van der Waals surface area contributed by atoms with Gasteiger partial charge in [0.1, 0.15) is 6.33 Å². The number of anilines is 1. The van der Waals surface area contributed by atoms with Gasteiger partial charge in [-0.05, 0) is 18.2 Å². The third-order valence-corrected chi connectivity index (χ3v) is 2.77. The quantitative estimate of drug-likeness (QED) is 0.882. The lowest BCUT2D eigenvalue weighted by Gasteiger charge is -2.08. The topological polar surface area (TPSA) is 80.0 Å². The molecule has 18 heavy (non-hydrogen) atoms. The summed E-state index contributed by atoms with van der Waals surface area (Å²) >= 11 is 5.98. The third-order valence-electron chi connectivity index (χ3n) is 2.46. The summed E-state index contributed by atoms with van der Waals surface area (Å²) in [7, 11) is 1.84. The molecule has 0 radical (unpaired) electrons. The molecule has 0 aliphatic carbocycles. The van der Waals surface area contributed by atoms with Gasteiger partial charge in [-0.15, -0.1) is 10.2 Å². The molecule has 6 nitrogen and oxygen atoms in total. The molecule has 0 bridgehead atoms. The number of benzene rings is 1. The number of nitrogens with zero attached hydrogens (tertiary/aromatic N) is 3. The van der Waals surface area contributed by atoms with Crippen LogP contribution in [0.1, 0.15) is 16.2 Å². The number of halogens is 1. The average Bonchev–Trinajstić information content (AvgIpc) is 2.73. The summed E-state index contributed by atoms with van der Waals surface area (Å²) in [6.45, 7) is 0.461. The number of carbonyl (C=O) groups is 1. The van der Waals surface area contributed by atoms with Crippen LogP contribution in [0.25, 0.3) is 0 Å². The Bertz CT molecular complexity index is 582. The third kappa shape index (κ3) is 2.60. The Morgan fingerprint density at radius 3 is 2.89 bits per heavy atom. The normalized spacial score (nSPS) is 10.3. The molecule has 2 N–H and O–H groups in total. The first kappa shape index (κ1) is 12.4. The van der Waals surface area contributed by atoms with E-state index in [-0.39, 0.29) is 5.56 Å². The van der Waals surface area contributed by atoms with Crippen LogP contribution in [0, 0.1) is 0 Å². The van der Waals surface area contributed by atoms with Crippen molar-refractivity contribution in [2.45, 2.75) is 6.54 Å². The SMILES string of the molecule is Cn1cnnc1CNc1ccc(C(=O)O)cc1Cl. The molecule has 0 saturated carbocycles. The van der Waals surface area contributed by atoms with E-state index in [1.807, 2.05) is 7.05 Å². The number of nitrogens with one attached hydrogen (secondary N) is 1. The van der Waals surface area contributed by atoms with Gasteiger partial charge in [0.15, 0.2) is 5.82 Å². The number of aryl methyl sites for hydroxylation is 1. The van der Waals surface area contributed by atoms with Crippen LogP contribution in [-0.4, -0.2) is 25.8 Å². The van der Waals surface area contributed by atoms with Gasteiger partial charge in [0.25, 0.3) is 0 Å². The summed E-state index contributed by atoms with van der Waals surface area (Å²) in [6.07, 6.45) is 1.60. The number of carboxylic acid groups (broad SMARTS) is 1. The van der Waals surface area contributed by atoms with Crippen molar-refractivity contribution in [2.24, 2.45) is 7.05 Å². The Hall–Kier alpha value is -2.08. The van der Waals surface area contributed by atoms with Crippen LogP contribution in [0.2, 0.25) is 5.02 Å². The molecule has 94 valence electrons. The zero-order chi connectivity index (χ0) is 13.1. The van der Waals surface area contributed by atoms with Gasteiger partial charge in [0.05, 0.1) is 22.8 Å². The van der Waals surface area contributed by atoms with Gasteiger partial charge in [-0.1, -0.05) is 11.6 Å². The zero-order valence-electron chi connectivity index (χ0n) is 9.59. The van der Waals surface area contributed by atoms with Crippen LogP contribution in [0.3, 0.4) is 0 Å². The van der Waals surface area contributed by atoms with Crippen molar-refractivity contribution < 1.29 is 9.90 Å². The molecule has 2 aromatic rings. The summed E-state index contributed by atoms with van der Waals surface area (Å²) in [5.41, 5.74) is 0.814. The maximum absolute atomic E-state index is 10.8. The van der Waals surface area contributed by atoms with Crippen LogP contribution >= 0.6 is 11.6 Å².